The SMILES string of the molecule is C[C@H](Oc1ccc(C(N)=O)cc1)C(=O)Nc1ccccc1C(F)(F)F. The molecule has 2 aromatic carbocycles. The molecule has 8 heteroatoms. The van der Waals surface area contributed by atoms with E-state index in [0.717, 1.165) is 12.1 Å². The molecule has 0 unspecified atom stereocenters. The van der Waals surface area contributed by atoms with Gasteiger partial charge in [-0.2, -0.15) is 13.2 Å². The summed E-state index contributed by atoms with van der Waals surface area (Å²) in [5.41, 5.74) is 4.09. The van der Waals surface area contributed by atoms with E-state index < -0.39 is 29.7 Å². The minimum absolute atomic E-state index is 0.267. The summed E-state index contributed by atoms with van der Waals surface area (Å²) in [5, 5.41) is 2.21. The standard InChI is InChI=1S/C17H15F3N2O3/c1-10(25-12-8-6-11(7-9-12)15(21)23)16(24)22-14-5-3-2-4-13(14)17(18,19)20/h2-10H,1H3,(H2,21,23)(H,22,24)/t10-/m0/s1. The Kier molecular flexibility index (Phi) is 5.31. The first-order chi connectivity index (χ1) is 11.7. The van der Waals surface area contributed by atoms with Crippen LogP contribution in [0.25, 0.3) is 0 Å². The Balaban J connectivity index is 2.07. The van der Waals surface area contributed by atoms with Crippen molar-refractivity contribution in [2.45, 2.75) is 19.2 Å². The van der Waals surface area contributed by atoms with Gasteiger partial charge in [0.1, 0.15) is 5.75 Å². The molecule has 0 saturated carbocycles. The molecule has 5 nitrogen and oxygen atoms in total. The molecule has 132 valence electrons. The van der Waals surface area contributed by atoms with Gasteiger partial charge in [0.2, 0.25) is 5.91 Å². The number of primary amides is 1. The molecule has 25 heavy (non-hydrogen) atoms. The summed E-state index contributed by atoms with van der Waals surface area (Å²) in [5.74, 6) is -1.08. The van der Waals surface area contributed by atoms with Crippen molar-refractivity contribution in [3.8, 4) is 5.75 Å². The van der Waals surface area contributed by atoms with Gasteiger partial charge in [-0.05, 0) is 43.3 Å². The third-order valence-corrected chi connectivity index (χ3v) is 3.31. The van der Waals surface area contributed by atoms with E-state index in [1.54, 1.807) is 0 Å². The molecule has 0 bridgehead atoms. The van der Waals surface area contributed by atoms with Gasteiger partial charge in [0.25, 0.3) is 5.91 Å². The van der Waals surface area contributed by atoms with E-state index in [0.29, 0.717) is 0 Å². The maximum atomic E-state index is 12.9. The maximum absolute atomic E-state index is 12.9. The number of rotatable bonds is 5. The van der Waals surface area contributed by atoms with E-state index in [2.05, 4.69) is 5.32 Å². The minimum atomic E-state index is -4.58. The number of ether oxygens (including phenoxy) is 1. The quantitative estimate of drug-likeness (QED) is 0.867. The lowest BCUT2D eigenvalue weighted by Gasteiger charge is -2.17. The van der Waals surface area contributed by atoms with Gasteiger partial charge in [-0.3, -0.25) is 9.59 Å². The van der Waals surface area contributed by atoms with Gasteiger partial charge in [-0.25, -0.2) is 0 Å². The fraction of sp³-hybridized carbons (Fsp3) is 0.176. The van der Waals surface area contributed by atoms with Crippen LogP contribution in [0, 0.1) is 0 Å². The second kappa shape index (κ2) is 7.25. The lowest BCUT2D eigenvalue weighted by atomic mass is 10.1. The van der Waals surface area contributed by atoms with Gasteiger partial charge in [0, 0.05) is 5.56 Å². The number of para-hydroxylation sites is 1. The number of anilines is 1. The summed E-state index contributed by atoms with van der Waals surface area (Å²) in [6, 6.07) is 10.4. The third-order valence-electron chi connectivity index (χ3n) is 3.31. The number of halogens is 3. The Morgan fingerprint density at radius 2 is 1.68 bits per heavy atom. The first-order valence-electron chi connectivity index (χ1n) is 7.22. The van der Waals surface area contributed by atoms with Gasteiger partial charge < -0.3 is 15.8 Å². The molecule has 0 fully saturated rings. The van der Waals surface area contributed by atoms with E-state index in [4.69, 9.17) is 10.5 Å². The lowest BCUT2D eigenvalue weighted by Crippen LogP contribution is -2.31. The number of amides is 2. The van der Waals surface area contributed by atoms with Gasteiger partial charge in [0.15, 0.2) is 6.10 Å². The largest absolute Gasteiger partial charge is 0.481 e. The summed E-state index contributed by atoms with van der Waals surface area (Å²) in [6.45, 7) is 1.40. The normalized spacial score (nSPS) is 12.3. The maximum Gasteiger partial charge on any atom is 0.418 e. The number of benzene rings is 2. The zero-order valence-corrected chi connectivity index (χ0v) is 13.1. The van der Waals surface area contributed by atoms with Gasteiger partial charge in [0.05, 0.1) is 11.3 Å². The van der Waals surface area contributed by atoms with Crippen LogP contribution in [0.4, 0.5) is 18.9 Å². The Bertz CT molecular complexity index is 773. The molecule has 0 radical (unpaired) electrons. The highest BCUT2D eigenvalue weighted by molar-refractivity contribution is 5.95. The minimum Gasteiger partial charge on any atom is -0.481 e. The van der Waals surface area contributed by atoms with Crippen molar-refractivity contribution in [1.29, 1.82) is 0 Å². The molecule has 0 aliphatic carbocycles. The van der Waals surface area contributed by atoms with Crippen molar-refractivity contribution >= 4 is 17.5 Å². The predicted octanol–water partition coefficient (Wildman–Crippen LogP) is 3.21. The molecular formula is C17H15F3N2O3. The number of nitrogens with two attached hydrogens (primary N) is 1. The third kappa shape index (κ3) is 4.72. The molecule has 3 N–H and O–H groups in total. The molecular weight excluding hydrogens is 337 g/mol. The summed E-state index contributed by atoms with van der Waals surface area (Å²) in [6.07, 6.45) is -5.64. The molecule has 2 aromatic rings. The van der Waals surface area contributed by atoms with E-state index >= 15 is 0 Å². The Labute approximate surface area is 141 Å². The predicted molar refractivity (Wildman–Crippen MR) is 85.1 cm³/mol. The fourth-order valence-corrected chi connectivity index (χ4v) is 2.03. The van der Waals surface area contributed by atoms with Crippen molar-refractivity contribution in [2.75, 3.05) is 5.32 Å². The number of hydrogen-bond donors (Lipinski definition) is 2. The summed E-state index contributed by atoms with van der Waals surface area (Å²) in [4.78, 5) is 23.1. The van der Waals surface area contributed by atoms with Crippen molar-refractivity contribution in [3.63, 3.8) is 0 Å². The van der Waals surface area contributed by atoms with E-state index in [1.165, 1.54) is 43.3 Å². The van der Waals surface area contributed by atoms with Crippen molar-refractivity contribution < 1.29 is 27.5 Å². The van der Waals surface area contributed by atoms with E-state index in [1.807, 2.05) is 0 Å². The van der Waals surface area contributed by atoms with Gasteiger partial charge in [-0.1, -0.05) is 12.1 Å². The van der Waals surface area contributed by atoms with Gasteiger partial charge in [-0.15, -0.1) is 0 Å². The van der Waals surface area contributed by atoms with Gasteiger partial charge >= 0.3 is 6.18 Å². The molecule has 0 heterocycles. The fourth-order valence-electron chi connectivity index (χ4n) is 2.03. The summed E-state index contributed by atoms with van der Waals surface area (Å²) in [7, 11) is 0. The first-order valence-corrected chi connectivity index (χ1v) is 7.22. The smallest absolute Gasteiger partial charge is 0.418 e. The molecule has 2 rings (SSSR count). The number of nitrogens with one attached hydrogen (secondary N) is 1. The van der Waals surface area contributed by atoms with Crippen LogP contribution in [-0.2, 0) is 11.0 Å². The Hall–Kier alpha value is -3.03. The highest BCUT2D eigenvalue weighted by Gasteiger charge is 2.34. The highest BCUT2D eigenvalue weighted by atomic mass is 19.4. The molecule has 0 spiro atoms. The van der Waals surface area contributed by atoms with Crippen LogP contribution in [0.1, 0.15) is 22.8 Å². The van der Waals surface area contributed by atoms with Crippen LogP contribution < -0.4 is 15.8 Å². The molecule has 0 aliphatic heterocycles. The molecule has 0 aliphatic rings. The van der Waals surface area contributed by atoms with Crippen LogP contribution in [-0.4, -0.2) is 17.9 Å². The van der Waals surface area contributed by atoms with Crippen LogP contribution in [0.2, 0.25) is 0 Å². The van der Waals surface area contributed by atoms with E-state index in [-0.39, 0.29) is 17.0 Å². The van der Waals surface area contributed by atoms with Crippen LogP contribution in [0.3, 0.4) is 0 Å². The topological polar surface area (TPSA) is 81.4 Å². The monoisotopic (exact) mass is 352 g/mol. The molecule has 0 saturated heterocycles. The highest BCUT2D eigenvalue weighted by Crippen LogP contribution is 2.34. The van der Waals surface area contributed by atoms with Crippen molar-refractivity contribution in [1.82, 2.24) is 0 Å². The average Bonchev–Trinajstić information content (AvgIpc) is 2.54. The lowest BCUT2D eigenvalue weighted by molar-refractivity contribution is -0.137. The average molecular weight is 352 g/mol. The second-order valence-electron chi connectivity index (χ2n) is 5.18. The number of carbonyl (C=O) groups excluding carboxylic acids is 2. The van der Waals surface area contributed by atoms with Crippen LogP contribution in [0.5, 0.6) is 5.75 Å². The number of carbonyl (C=O) groups is 2. The molecule has 0 aromatic heterocycles. The zero-order valence-electron chi connectivity index (χ0n) is 13.1. The Morgan fingerprint density at radius 1 is 1.08 bits per heavy atom. The van der Waals surface area contributed by atoms with Crippen LogP contribution in [0.15, 0.2) is 48.5 Å². The zero-order chi connectivity index (χ0) is 18.6. The van der Waals surface area contributed by atoms with Crippen LogP contribution >= 0.6 is 0 Å². The van der Waals surface area contributed by atoms with Crippen molar-refractivity contribution in [3.05, 3.63) is 59.7 Å². The summed E-state index contributed by atoms with van der Waals surface area (Å²) >= 11 is 0. The first kappa shape index (κ1) is 18.3. The van der Waals surface area contributed by atoms with E-state index in [9.17, 15) is 22.8 Å². The molecule has 1 atom stereocenters. The van der Waals surface area contributed by atoms with Crippen molar-refractivity contribution in [2.24, 2.45) is 5.73 Å². The molecule has 2 amide bonds. The second-order valence-corrected chi connectivity index (χ2v) is 5.18. The summed E-state index contributed by atoms with van der Waals surface area (Å²) < 4.78 is 44.2. The number of alkyl halides is 3. The number of hydrogen-bond acceptors (Lipinski definition) is 3. The Morgan fingerprint density at radius 3 is 2.24 bits per heavy atom.